The van der Waals surface area contributed by atoms with Gasteiger partial charge in [-0.25, -0.2) is 0 Å². The van der Waals surface area contributed by atoms with Gasteiger partial charge in [-0.3, -0.25) is 4.79 Å². The summed E-state index contributed by atoms with van der Waals surface area (Å²) >= 11 is 10.3. The molecule has 0 aliphatic rings. The van der Waals surface area contributed by atoms with E-state index in [9.17, 15) is 4.79 Å². The van der Waals surface area contributed by atoms with Crippen LogP contribution in [0.5, 0.6) is 0 Å². The van der Waals surface area contributed by atoms with Crippen LogP contribution in [0.1, 0.15) is 24.2 Å². The van der Waals surface area contributed by atoms with Crippen LogP contribution in [0.4, 0.5) is 0 Å². The summed E-state index contributed by atoms with van der Waals surface area (Å²) in [6, 6.07) is 5.23. The van der Waals surface area contributed by atoms with Crippen molar-refractivity contribution in [2.75, 3.05) is 20.3 Å². The zero-order valence-electron chi connectivity index (χ0n) is 10.8. The fraction of sp³-hybridized carbons (Fsp3) is 0.462. The maximum atomic E-state index is 12.4. The summed E-state index contributed by atoms with van der Waals surface area (Å²) < 4.78 is 5.02. The lowest BCUT2D eigenvalue weighted by Gasteiger charge is -2.27. The highest BCUT2D eigenvalue weighted by Gasteiger charge is 2.20. The van der Waals surface area contributed by atoms with Crippen molar-refractivity contribution in [3.63, 3.8) is 0 Å². The van der Waals surface area contributed by atoms with Crippen LogP contribution in [0.3, 0.4) is 0 Å². The number of carbonyl (C=O) groups excluding carboxylic acids is 1. The van der Waals surface area contributed by atoms with Crippen LogP contribution in [-0.2, 0) is 4.74 Å². The molecule has 0 heterocycles. The largest absolute Gasteiger partial charge is 0.383 e. The number of ether oxygens (including phenoxy) is 1. The molecular formula is C13H18ClNO2S. The first-order valence-corrected chi connectivity index (χ1v) is 6.58. The summed E-state index contributed by atoms with van der Waals surface area (Å²) in [5.41, 5.74) is 0.481. The van der Waals surface area contributed by atoms with Crippen LogP contribution < -0.4 is 0 Å². The Labute approximate surface area is 118 Å². The summed E-state index contributed by atoms with van der Waals surface area (Å²) in [6.45, 7) is 4.97. The number of hydrogen-bond acceptors (Lipinski definition) is 3. The first kappa shape index (κ1) is 15.3. The Bertz CT molecular complexity index is 423. The fourth-order valence-corrected chi connectivity index (χ4v) is 2.02. The van der Waals surface area contributed by atoms with Gasteiger partial charge in [-0.2, -0.15) is 0 Å². The zero-order chi connectivity index (χ0) is 13.7. The van der Waals surface area contributed by atoms with Crippen molar-refractivity contribution in [1.82, 2.24) is 4.90 Å². The van der Waals surface area contributed by atoms with E-state index in [0.717, 1.165) is 4.90 Å². The molecule has 1 aromatic rings. The quantitative estimate of drug-likeness (QED) is 0.843. The average molecular weight is 288 g/mol. The number of nitrogens with zero attached hydrogens (tertiary/aromatic N) is 1. The third-order valence-corrected chi connectivity index (χ3v) is 3.21. The van der Waals surface area contributed by atoms with E-state index in [1.807, 2.05) is 13.8 Å². The summed E-state index contributed by atoms with van der Waals surface area (Å²) in [6.07, 6.45) is 0. The molecule has 0 unspecified atom stereocenters. The second kappa shape index (κ2) is 7.02. The molecule has 3 nitrogen and oxygen atoms in total. The van der Waals surface area contributed by atoms with E-state index in [1.165, 1.54) is 0 Å². The van der Waals surface area contributed by atoms with Crippen molar-refractivity contribution in [1.29, 1.82) is 0 Å². The summed E-state index contributed by atoms with van der Waals surface area (Å²) in [4.78, 5) is 14.9. The molecule has 0 radical (unpaired) electrons. The highest BCUT2D eigenvalue weighted by Crippen LogP contribution is 2.22. The lowest BCUT2D eigenvalue weighted by Crippen LogP contribution is -2.39. The number of halogens is 1. The molecule has 0 aliphatic heterocycles. The Morgan fingerprint density at radius 3 is 2.72 bits per heavy atom. The van der Waals surface area contributed by atoms with E-state index in [4.69, 9.17) is 16.3 Å². The number of methoxy groups -OCH3 is 1. The molecule has 1 rings (SSSR count). The first-order valence-electron chi connectivity index (χ1n) is 5.75. The Kier molecular flexibility index (Phi) is 5.99. The molecule has 0 spiro atoms. The van der Waals surface area contributed by atoms with Gasteiger partial charge in [0.15, 0.2) is 0 Å². The maximum absolute atomic E-state index is 12.4. The van der Waals surface area contributed by atoms with Gasteiger partial charge in [-0.05, 0) is 32.0 Å². The Balaban J connectivity index is 2.98. The minimum Gasteiger partial charge on any atom is -0.383 e. The van der Waals surface area contributed by atoms with Gasteiger partial charge in [-0.15, -0.1) is 12.6 Å². The highest BCUT2D eigenvalue weighted by molar-refractivity contribution is 7.80. The van der Waals surface area contributed by atoms with E-state index in [-0.39, 0.29) is 11.9 Å². The molecule has 5 heteroatoms. The molecule has 1 amide bonds. The van der Waals surface area contributed by atoms with Crippen molar-refractivity contribution < 1.29 is 9.53 Å². The van der Waals surface area contributed by atoms with Gasteiger partial charge in [0.05, 0.1) is 17.2 Å². The third kappa shape index (κ3) is 3.90. The van der Waals surface area contributed by atoms with E-state index in [1.54, 1.807) is 30.2 Å². The normalized spacial score (nSPS) is 10.8. The molecule has 0 fully saturated rings. The molecule has 0 N–H and O–H groups in total. The van der Waals surface area contributed by atoms with Gasteiger partial charge < -0.3 is 9.64 Å². The number of amides is 1. The van der Waals surface area contributed by atoms with E-state index in [2.05, 4.69) is 12.6 Å². The van der Waals surface area contributed by atoms with Crippen molar-refractivity contribution >= 4 is 30.1 Å². The van der Waals surface area contributed by atoms with Crippen molar-refractivity contribution in [2.45, 2.75) is 24.8 Å². The standard InChI is InChI=1S/C13H18ClNO2S/c1-9(2)15(6-7-17-3)13(16)11-8-10(18)4-5-12(11)14/h4-5,8-9,18H,6-7H2,1-3H3. The van der Waals surface area contributed by atoms with Crippen LogP contribution in [0, 0.1) is 0 Å². The lowest BCUT2D eigenvalue weighted by molar-refractivity contribution is 0.0635. The molecule has 0 saturated carbocycles. The van der Waals surface area contributed by atoms with Crippen LogP contribution >= 0.6 is 24.2 Å². The number of carbonyl (C=O) groups is 1. The summed E-state index contributed by atoms with van der Waals surface area (Å²) in [5, 5.41) is 0.445. The fourth-order valence-electron chi connectivity index (χ4n) is 1.62. The average Bonchev–Trinajstić information content (AvgIpc) is 2.32. The molecule has 0 aliphatic carbocycles. The van der Waals surface area contributed by atoms with E-state index < -0.39 is 0 Å². The van der Waals surface area contributed by atoms with Crippen molar-refractivity contribution in [3.05, 3.63) is 28.8 Å². The molecule has 100 valence electrons. The van der Waals surface area contributed by atoms with Crippen LogP contribution in [0.25, 0.3) is 0 Å². The van der Waals surface area contributed by atoms with Gasteiger partial charge in [0.25, 0.3) is 5.91 Å². The number of hydrogen-bond donors (Lipinski definition) is 1. The minimum atomic E-state index is -0.0945. The topological polar surface area (TPSA) is 29.5 Å². The van der Waals surface area contributed by atoms with Gasteiger partial charge in [-0.1, -0.05) is 11.6 Å². The smallest absolute Gasteiger partial charge is 0.255 e. The number of rotatable bonds is 5. The number of thiol groups is 1. The molecule has 0 bridgehead atoms. The van der Waals surface area contributed by atoms with E-state index >= 15 is 0 Å². The molecular weight excluding hydrogens is 270 g/mol. The van der Waals surface area contributed by atoms with Gasteiger partial charge in [0.1, 0.15) is 0 Å². The van der Waals surface area contributed by atoms with E-state index in [0.29, 0.717) is 23.7 Å². The molecule has 0 saturated heterocycles. The SMILES string of the molecule is COCCN(C(=O)c1cc(S)ccc1Cl)C(C)C. The van der Waals surface area contributed by atoms with Crippen LogP contribution in [0.2, 0.25) is 5.02 Å². The highest BCUT2D eigenvalue weighted by atomic mass is 35.5. The van der Waals surface area contributed by atoms with Gasteiger partial charge >= 0.3 is 0 Å². The lowest BCUT2D eigenvalue weighted by atomic mass is 10.1. The molecule has 0 aromatic heterocycles. The summed E-state index contributed by atoms with van der Waals surface area (Å²) in [5.74, 6) is -0.0945. The predicted molar refractivity (Wildman–Crippen MR) is 76.8 cm³/mol. The Morgan fingerprint density at radius 1 is 1.50 bits per heavy atom. The van der Waals surface area contributed by atoms with Gasteiger partial charge in [0.2, 0.25) is 0 Å². The monoisotopic (exact) mass is 287 g/mol. The summed E-state index contributed by atoms with van der Waals surface area (Å²) in [7, 11) is 1.62. The third-order valence-electron chi connectivity index (χ3n) is 2.60. The van der Waals surface area contributed by atoms with Crippen molar-refractivity contribution in [3.8, 4) is 0 Å². The van der Waals surface area contributed by atoms with Crippen LogP contribution in [0.15, 0.2) is 23.1 Å². The van der Waals surface area contributed by atoms with Gasteiger partial charge in [0, 0.05) is 24.6 Å². The Hall–Kier alpha value is -0.710. The number of benzene rings is 1. The first-order chi connectivity index (χ1) is 8.47. The molecule has 1 aromatic carbocycles. The van der Waals surface area contributed by atoms with Crippen molar-refractivity contribution in [2.24, 2.45) is 0 Å². The Morgan fingerprint density at radius 2 is 2.17 bits per heavy atom. The van der Waals surface area contributed by atoms with Crippen LogP contribution in [-0.4, -0.2) is 37.1 Å². The molecule has 0 atom stereocenters. The predicted octanol–water partition coefficient (Wildman–Crippen LogP) is 3.13. The maximum Gasteiger partial charge on any atom is 0.255 e. The minimum absolute atomic E-state index is 0.0901. The second-order valence-corrected chi connectivity index (χ2v) is 5.17. The molecule has 18 heavy (non-hydrogen) atoms. The zero-order valence-corrected chi connectivity index (χ0v) is 12.5. The second-order valence-electron chi connectivity index (χ2n) is 4.25.